The first kappa shape index (κ1) is 13.2. The molecule has 0 radical (unpaired) electrons. The number of benzene rings is 2. The Labute approximate surface area is 123 Å². The molecule has 0 saturated carbocycles. The highest BCUT2D eigenvalue weighted by atomic mass is 15.0. The van der Waals surface area contributed by atoms with Crippen LogP contribution in [0.2, 0.25) is 0 Å². The van der Waals surface area contributed by atoms with E-state index in [-0.39, 0.29) is 5.84 Å². The van der Waals surface area contributed by atoms with E-state index in [9.17, 15) is 0 Å². The van der Waals surface area contributed by atoms with Gasteiger partial charge in [0.2, 0.25) is 0 Å². The Balaban J connectivity index is 1.77. The molecule has 0 amide bonds. The van der Waals surface area contributed by atoms with Gasteiger partial charge < -0.3 is 15.6 Å². The third kappa shape index (κ3) is 2.60. The van der Waals surface area contributed by atoms with Crippen molar-refractivity contribution in [2.24, 2.45) is 12.8 Å². The maximum absolute atomic E-state index is 7.39. The molecule has 4 nitrogen and oxygen atoms in total. The van der Waals surface area contributed by atoms with Gasteiger partial charge in [0, 0.05) is 29.5 Å². The zero-order chi connectivity index (χ0) is 14.8. The molecule has 4 heteroatoms. The Morgan fingerprint density at radius 2 is 1.86 bits per heavy atom. The number of hydrogen-bond acceptors (Lipinski definition) is 2. The van der Waals surface area contributed by atoms with Crippen LogP contribution in [0.3, 0.4) is 0 Å². The van der Waals surface area contributed by atoms with Gasteiger partial charge in [-0.3, -0.25) is 5.41 Å². The highest BCUT2D eigenvalue weighted by molar-refractivity contribution is 5.95. The average Bonchev–Trinajstić information content (AvgIpc) is 2.82. The van der Waals surface area contributed by atoms with Crippen molar-refractivity contribution < 1.29 is 0 Å². The number of anilines is 1. The molecular weight excluding hydrogens is 260 g/mol. The van der Waals surface area contributed by atoms with E-state index in [4.69, 9.17) is 11.1 Å². The monoisotopic (exact) mass is 278 g/mol. The van der Waals surface area contributed by atoms with Gasteiger partial charge in [-0.1, -0.05) is 18.2 Å². The summed E-state index contributed by atoms with van der Waals surface area (Å²) in [6.45, 7) is 0.755. The number of aromatic nitrogens is 1. The average molecular weight is 278 g/mol. The zero-order valence-electron chi connectivity index (χ0n) is 11.9. The van der Waals surface area contributed by atoms with E-state index in [1.807, 2.05) is 24.3 Å². The van der Waals surface area contributed by atoms with E-state index in [0.717, 1.165) is 17.8 Å². The Morgan fingerprint density at radius 1 is 1.14 bits per heavy atom. The molecule has 0 saturated heterocycles. The van der Waals surface area contributed by atoms with Crippen molar-refractivity contribution in [2.45, 2.75) is 6.54 Å². The molecular formula is C17H18N4. The number of nitrogen functional groups attached to an aromatic ring is 1. The normalized spacial score (nSPS) is 10.7. The molecule has 21 heavy (non-hydrogen) atoms. The van der Waals surface area contributed by atoms with Gasteiger partial charge in [0.1, 0.15) is 5.84 Å². The summed E-state index contributed by atoms with van der Waals surface area (Å²) in [5.41, 5.74) is 9.68. The molecule has 0 fully saturated rings. The number of amidine groups is 1. The lowest BCUT2D eigenvalue weighted by Gasteiger charge is -2.08. The number of fused-ring (bicyclic) bond motifs is 1. The first-order chi connectivity index (χ1) is 10.1. The van der Waals surface area contributed by atoms with Gasteiger partial charge in [0.25, 0.3) is 0 Å². The van der Waals surface area contributed by atoms with Gasteiger partial charge in [0.05, 0.1) is 6.54 Å². The van der Waals surface area contributed by atoms with Crippen LogP contribution < -0.4 is 11.1 Å². The van der Waals surface area contributed by atoms with Crippen LogP contribution >= 0.6 is 0 Å². The minimum atomic E-state index is 0.0928. The summed E-state index contributed by atoms with van der Waals surface area (Å²) in [4.78, 5) is 0. The summed E-state index contributed by atoms with van der Waals surface area (Å²) in [6, 6.07) is 18.2. The van der Waals surface area contributed by atoms with Crippen LogP contribution in [0, 0.1) is 5.41 Å². The number of para-hydroxylation sites is 1. The van der Waals surface area contributed by atoms with Crippen molar-refractivity contribution in [3.05, 3.63) is 65.9 Å². The van der Waals surface area contributed by atoms with E-state index in [1.54, 1.807) is 0 Å². The molecule has 0 unspecified atom stereocenters. The van der Waals surface area contributed by atoms with Crippen molar-refractivity contribution in [3.8, 4) is 0 Å². The summed E-state index contributed by atoms with van der Waals surface area (Å²) >= 11 is 0. The fourth-order valence-electron chi connectivity index (χ4n) is 2.48. The van der Waals surface area contributed by atoms with E-state index >= 15 is 0 Å². The Morgan fingerprint density at radius 3 is 2.52 bits per heavy atom. The first-order valence-corrected chi connectivity index (χ1v) is 6.87. The van der Waals surface area contributed by atoms with Crippen molar-refractivity contribution in [1.29, 1.82) is 5.41 Å². The van der Waals surface area contributed by atoms with Gasteiger partial charge in [-0.05, 0) is 41.8 Å². The predicted molar refractivity (Wildman–Crippen MR) is 87.7 cm³/mol. The third-order valence-corrected chi connectivity index (χ3v) is 3.72. The fourth-order valence-corrected chi connectivity index (χ4v) is 2.48. The van der Waals surface area contributed by atoms with Crippen molar-refractivity contribution in [2.75, 3.05) is 5.32 Å². The maximum Gasteiger partial charge on any atom is 0.122 e. The number of nitrogens with zero attached hydrogens (tertiary/aromatic N) is 1. The number of nitrogens with two attached hydrogens (primary N) is 1. The quantitative estimate of drug-likeness (QED) is 0.507. The number of aryl methyl sites for hydroxylation is 1. The van der Waals surface area contributed by atoms with E-state index in [0.29, 0.717) is 0 Å². The van der Waals surface area contributed by atoms with Crippen molar-refractivity contribution in [1.82, 2.24) is 4.57 Å². The van der Waals surface area contributed by atoms with E-state index in [2.05, 4.69) is 47.3 Å². The largest absolute Gasteiger partial charge is 0.384 e. The number of hydrogen-bond donors (Lipinski definition) is 3. The molecule has 0 aliphatic heterocycles. The smallest absolute Gasteiger partial charge is 0.122 e. The fraction of sp³-hybridized carbons (Fsp3) is 0.118. The second-order valence-corrected chi connectivity index (χ2v) is 5.10. The Bertz CT molecular complexity index is 784. The summed E-state index contributed by atoms with van der Waals surface area (Å²) < 4.78 is 2.20. The molecule has 2 aromatic carbocycles. The first-order valence-electron chi connectivity index (χ1n) is 6.87. The van der Waals surface area contributed by atoms with Gasteiger partial charge in [-0.15, -0.1) is 0 Å². The molecule has 3 aromatic rings. The molecule has 3 rings (SSSR count). The summed E-state index contributed by atoms with van der Waals surface area (Å²) in [7, 11) is 2.08. The summed E-state index contributed by atoms with van der Waals surface area (Å²) in [5.74, 6) is 0.0928. The SMILES string of the molecule is Cn1c(CNc2ccc(C(=N)N)cc2)cc2ccccc21. The van der Waals surface area contributed by atoms with Crippen LogP contribution in [0.5, 0.6) is 0 Å². The van der Waals surface area contributed by atoms with Crippen molar-refractivity contribution >= 4 is 22.4 Å². The molecule has 0 bridgehead atoms. The predicted octanol–water partition coefficient (Wildman–Crippen LogP) is 3.07. The number of nitrogens with one attached hydrogen (secondary N) is 2. The van der Waals surface area contributed by atoms with Crippen LogP contribution in [-0.4, -0.2) is 10.4 Å². The minimum Gasteiger partial charge on any atom is -0.384 e. The van der Waals surface area contributed by atoms with Gasteiger partial charge in [0.15, 0.2) is 0 Å². The zero-order valence-corrected chi connectivity index (χ0v) is 11.9. The van der Waals surface area contributed by atoms with Crippen molar-refractivity contribution in [3.63, 3.8) is 0 Å². The van der Waals surface area contributed by atoms with Crippen LogP contribution in [0.4, 0.5) is 5.69 Å². The summed E-state index contributed by atoms with van der Waals surface area (Å²) in [6.07, 6.45) is 0. The standard InChI is InChI=1S/C17H18N4/c1-21-15(10-13-4-2-3-5-16(13)21)11-20-14-8-6-12(7-9-14)17(18)19/h2-10,20H,11H2,1H3,(H3,18,19). The Kier molecular flexibility index (Phi) is 3.36. The molecule has 106 valence electrons. The van der Waals surface area contributed by atoms with Crippen LogP contribution in [0.1, 0.15) is 11.3 Å². The topological polar surface area (TPSA) is 66.8 Å². The lowest BCUT2D eigenvalue weighted by molar-refractivity contribution is 0.871. The highest BCUT2D eigenvalue weighted by Crippen LogP contribution is 2.19. The van der Waals surface area contributed by atoms with Crippen LogP contribution in [-0.2, 0) is 13.6 Å². The Hall–Kier alpha value is -2.75. The lowest BCUT2D eigenvalue weighted by atomic mass is 10.2. The minimum absolute atomic E-state index is 0.0928. The second-order valence-electron chi connectivity index (χ2n) is 5.10. The van der Waals surface area contributed by atoms with E-state index < -0.39 is 0 Å². The van der Waals surface area contributed by atoms with Gasteiger partial charge >= 0.3 is 0 Å². The van der Waals surface area contributed by atoms with Crippen LogP contribution in [0.25, 0.3) is 10.9 Å². The molecule has 0 aliphatic carbocycles. The molecule has 0 aliphatic rings. The van der Waals surface area contributed by atoms with Gasteiger partial charge in [-0.2, -0.15) is 0 Å². The maximum atomic E-state index is 7.39. The second kappa shape index (κ2) is 5.32. The molecule has 0 spiro atoms. The third-order valence-electron chi connectivity index (χ3n) is 3.72. The van der Waals surface area contributed by atoms with Gasteiger partial charge in [-0.25, -0.2) is 0 Å². The van der Waals surface area contributed by atoms with Crippen LogP contribution in [0.15, 0.2) is 54.6 Å². The molecule has 0 atom stereocenters. The molecule has 1 aromatic heterocycles. The number of rotatable bonds is 4. The van der Waals surface area contributed by atoms with E-state index in [1.165, 1.54) is 16.6 Å². The molecule has 1 heterocycles. The highest BCUT2D eigenvalue weighted by Gasteiger charge is 2.04. The summed E-state index contributed by atoms with van der Waals surface area (Å²) in [5, 5.41) is 12.0. The molecule has 4 N–H and O–H groups in total. The lowest BCUT2D eigenvalue weighted by Crippen LogP contribution is -2.11.